The molecule has 0 aromatic heterocycles. The lowest BCUT2D eigenvalue weighted by molar-refractivity contribution is -0.152. The summed E-state index contributed by atoms with van der Waals surface area (Å²) in [6.45, 7) is 5.53. The molecule has 0 aromatic rings. The maximum atomic E-state index is 12.2. The Bertz CT molecular complexity index is 211. The van der Waals surface area contributed by atoms with Crippen molar-refractivity contribution in [2.75, 3.05) is 13.1 Å². The number of carbonyl (C=O) groups is 1. The van der Waals surface area contributed by atoms with Crippen molar-refractivity contribution in [3.05, 3.63) is 0 Å². The molecular weight excluding hydrogens is 207 g/mol. The van der Waals surface area contributed by atoms with Crippen LogP contribution in [0.5, 0.6) is 0 Å². The Balaban J connectivity index is 4.36. The van der Waals surface area contributed by atoms with E-state index in [9.17, 15) is 18.0 Å². The molecule has 0 spiro atoms. The fourth-order valence-corrected chi connectivity index (χ4v) is 1.03. The second-order valence-corrected chi connectivity index (χ2v) is 4.23. The van der Waals surface area contributed by atoms with Gasteiger partial charge in [0.15, 0.2) is 0 Å². The Morgan fingerprint density at radius 2 is 1.67 bits per heavy atom. The van der Waals surface area contributed by atoms with E-state index in [1.807, 2.05) is 0 Å². The first-order valence-electron chi connectivity index (χ1n) is 4.97. The van der Waals surface area contributed by atoms with Crippen molar-refractivity contribution in [3.63, 3.8) is 0 Å². The molecule has 0 aromatic carbocycles. The number of alkyl halides is 3. The van der Waals surface area contributed by atoms with Gasteiger partial charge in [0.2, 0.25) is 0 Å². The van der Waals surface area contributed by atoms with E-state index in [4.69, 9.17) is 0 Å². The minimum Gasteiger partial charge on any atom is -0.298 e. The molecule has 0 aliphatic rings. The molecule has 0 bridgehead atoms. The highest BCUT2D eigenvalue weighted by atomic mass is 19.4. The van der Waals surface area contributed by atoms with Gasteiger partial charge in [0, 0.05) is 12.0 Å². The lowest BCUT2D eigenvalue weighted by Crippen LogP contribution is -2.42. The molecule has 0 aliphatic carbocycles. The van der Waals surface area contributed by atoms with E-state index in [0.29, 0.717) is 0 Å². The van der Waals surface area contributed by atoms with Crippen molar-refractivity contribution in [1.82, 2.24) is 4.90 Å². The van der Waals surface area contributed by atoms with Gasteiger partial charge in [-0.15, -0.1) is 0 Å². The van der Waals surface area contributed by atoms with E-state index >= 15 is 0 Å². The van der Waals surface area contributed by atoms with Crippen molar-refractivity contribution < 1.29 is 18.0 Å². The van der Waals surface area contributed by atoms with Crippen LogP contribution < -0.4 is 0 Å². The number of ketones is 1. The molecule has 0 aliphatic heterocycles. The van der Waals surface area contributed by atoms with Crippen LogP contribution in [0.25, 0.3) is 0 Å². The summed E-state index contributed by atoms with van der Waals surface area (Å²) in [5.41, 5.74) is 0. The first-order chi connectivity index (χ1) is 6.63. The Hall–Kier alpha value is -0.580. The first-order valence-corrected chi connectivity index (χ1v) is 4.97. The highest BCUT2D eigenvalue weighted by molar-refractivity contribution is 5.82. The van der Waals surface area contributed by atoms with E-state index in [-0.39, 0.29) is 24.3 Å². The molecule has 5 heteroatoms. The van der Waals surface area contributed by atoms with E-state index in [1.54, 1.807) is 27.7 Å². The molecule has 0 saturated heterocycles. The number of hydrogen-bond acceptors (Lipinski definition) is 2. The number of carbonyl (C=O) groups excluding carboxylic acids is 1. The SMILES string of the molecule is CC(C)C(=O)CN(CC(F)(F)F)C(C)C. The summed E-state index contributed by atoms with van der Waals surface area (Å²) < 4.78 is 36.5. The fourth-order valence-electron chi connectivity index (χ4n) is 1.03. The normalized spacial score (nSPS) is 12.9. The van der Waals surface area contributed by atoms with Gasteiger partial charge in [-0.3, -0.25) is 9.69 Å². The minimum atomic E-state index is -4.25. The average Bonchev–Trinajstić information content (AvgIpc) is 1.99. The average molecular weight is 225 g/mol. The molecule has 90 valence electrons. The summed E-state index contributed by atoms with van der Waals surface area (Å²) in [7, 11) is 0. The maximum absolute atomic E-state index is 12.2. The second kappa shape index (κ2) is 5.49. The van der Waals surface area contributed by atoms with Crippen LogP contribution in [0.1, 0.15) is 27.7 Å². The molecular formula is C10H18F3NO. The Morgan fingerprint density at radius 3 is 1.93 bits per heavy atom. The molecule has 0 N–H and O–H groups in total. The number of nitrogens with zero attached hydrogens (tertiary/aromatic N) is 1. The van der Waals surface area contributed by atoms with Gasteiger partial charge >= 0.3 is 6.18 Å². The standard InChI is InChI=1S/C10H18F3NO/c1-7(2)9(15)5-14(8(3)4)6-10(11,12)13/h7-8H,5-6H2,1-4H3. The van der Waals surface area contributed by atoms with Crippen LogP contribution in [0.15, 0.2) is 0 Å². The van der Waals surface area contributed by atoms with Crippen molar-refractivity contribution in [1.29, 1.82) is 0 Å². The van der Waals surface area contributed by atoms with Gasteiger partial charge in [-0.1, -0.05) is 13.8 Å². The summed E-state index contributed by atoms with van der Waals surface area (Å²) in [4.78, 5) is 12.5. The third-order valence-corrected chi connectivity index (χ3v) is 2.12. The van der Waals surface area contributed by atoms with E-state index in [1.165, 1.54) is 0 Å². The largest absolute Gasteiger partial charge is 0.401 e. The van der Waals surface area contributed by atoms with Crippen molar-refractivity contribution in [2.45, 2.75) is 39.9 Å². The van der Waals surface area contributed by atoms with Gasteiger partial charge < -0.3 is 0 Å². The minimum absolute atomic E-state index is 0.130. The Kier molecular flexibility index (Phi) is 5.28. The highest BCUT2D eigenvalue weighted by Gasteiger charge is 2.32. The lowest BCUT2D eigenvalue weighted by Gasteiger charge is -2.27. The third kappa shape index (κ3) is 6.49. The molecule has 0 atom stereocenters. The predicted molar refractivity (Wildman–Crippen MR) is 52.6 cm³/mol. The third-order valence-electron chi connectivity index (χ3n) is 2.12. The van der Waals surface area contributed by atoms with E-state index in [2.05, 4.69) is 0 Å². The monoisotopic (exact) mass is 225 g/mol. The second-order valence-electron chi connectivity index (χ2n) is 4.23. The van der Waals surface area contributed by atoms with Crippen molar-refractivity contribution in [2.24, 2.45) is 5.92 Å². The van der Waals surface area contributed by atoms with Gasteiger partial charge in [0.25, 0.3) is 0 Å². The molecule has 0 rings (SSSR count). The molecule has 0 saturated carbocycles. The molecule has 15 heavy (non-hydrogen) atoms. The summed E-state index contributed by atoms with van der Waals surface area (Å²) in [6.07, 6.45) is -4.25. The zero-order chi connectivity index (χ0) is 12.2. The van der Waals surface area contributed by atoms with Gasteiger partial charge in [-0.05, 0) is 13.8 Å². The summed E-state index contributed by atoms with van der Waals surface area (Å²) in [6, 6.07) is -0.283. The number of Topliss-reactive ketones (excluding diaryl/α,β-unsaturated/α-hetero) is 1. The predicted octanol–water partition coefficient (Wildman–Crippen LogP) is 2.48. The first kappa shape index (κ1) is 14.4. The summed E-state index contributed by atoms with van der Waals surface area (Å²) in [5.74, 6) is -0.382. The molecule has 0 amide bonds. The van der Waals surface area contributed by atoms with Crippen LogP contribution in [0.3, 0.4) is 0 Å². The van der Waals surface area contributed by atoms with E-state index < -0.39 is 12.7 Å². The zero-order valence-corrected chi connectivity index (χ0v) is 9.56. The van der Waals surface area contributed by atoms with Crippen LogP contribution in [0, 0.1) is 5.92 Å². The van der Waals surface area contributed by atoms with Gasteiger partial charge in [-0.2, -0.15) is 13.2 Å². The Morgan fingerprint density at radius 1 is 1.20 bits per heavy atom. The quantitative estimate of drug-likeness (QED) is 0.716. The van der Waals surface area contributed by atoms with Gasteiger partial charge in [-0.25, -0.2) is 0 Å². The summed E-state index contributed by atoms with van der Waals surface area (Å²) >= 11 is 0. The highest BCUT2D eigenvalue weighted by Crippen LogP contribution is 2.18. The van der Waals surface area contributed by atoms with Crippen LogP contribution >= 0.6 is 0 Å². The van der Waals surface area contributed by atoms with E-state index in [0.717, 1.165) is 4.90 Å². The van der Waals surface area contributed by atoms with Crippen molar-refractivity contribution in [3.8, 4) is 0 Å². The van der Waals surface area contributed by atoms with Gasteiger partial charge in [0.05, 0.1) is 13.1 Å². The Labute approximate surface area is 88.4 Å². The number of hydrogen-bond donors (Lipinski definition) is 0. The van der Waals surface area contributed by atoms with Crippen LogP contribution in [0.2, 0.25) is 0 Å². The topological polar surface area (TPSA) is 20.3 Å². The maximum Gasteiger partial charge on any atom is 0.401 e. The molecule has 0 heterocycles. The molecule has 0 unspecified atom stereocenters. The molecule has 0 radical (unpaired) electrons. The molecule has 2 nitrogen and oxygen atoms in total. The lowest BCUT2D eigenvalue weighted by atomic mass is 10.1. The van der Waals surface area contributed by atoms with Gasteiger partial charge in [0.1, 0.15) is 5.78 Å². The van der Waals surface area contributed by atoms with Crippen LogP contribution in [-0.2, 0) is 4.79 Å². The number of rotatable bonds is 5. The smallest absolute Gasteiger partial charge is 0.298 e. The zero-order valence-electron chi connectivity index (χ0n) is 9.56. The van der Waals surface area contributed by atoms with Crippen LogP contribution in [0.4, 0.5) is 13.2 Å². The molecule has 0 fully saturated rings. The summed E-state index contributed by atoms with van der Waals surface area (Å²) in [5, 5.41) is 0. The van der Waals surface area contributed by atoms with Crippen molar-refractivity contribution >= 4 is 5.78 Å². The fraction of sp³-hybridized carbons (Fsp3) is 0.900. The van der Waals surface area contributed by atoms with Crippen LogP contribution in [-0.4, -0.2) is 36.0 Å². The number of halogens is 3.